The lowest BCUT2D eigenvalue weighted by Gasteiger charge is -2.30. The fourth-order valence-electron chi connectivity index (χ4n) is 3.42. The highest BCUT2D eigenvalue weighted by Crippen LogP contribution is 2.30. The summed E-state index contributed by atoms with van der Waals surface area (Å²) in [6.07, 6.45) is 0.454. The van der Waals surface area contributed by atoms with E-state index in [9.17, 15) is 27.6 Å². The van der Waals surface area contributed by atoms with Crippen molar-refractivity contribution in [1.29, 1.82) is 0 Å². The minimum absolute atomic E-state index is 0.0543. The standard InChI is InChI=1S/C20H27N3O7S/c1-13(2)10-16(21-14(3)24)18(26)22-20(11-15-8-6-5-7-9-15)12-17(25)23(19(20)27)30-31(4,28)29/h5-9,13,16H,10-12H2,1-4H3,(H,21,24)(H,22,26)/t16-,20+/m0/s1. The van der Waals surface area contributed by atoms with Gasteiger partial charge in [0.1, 0.15) is 11.6 Å². The van der Waals surface area contributed by atoms with Crippen molar-refractivity contribution in [3.8, 4) is 0 Å². The number of carbonyl (C=O) groups is 4. The van der Waals surface area contributed by atoms with E-state index in [-0.39, 0.29) is 17.4 Å². The SMILES string of the molecule is CC(=O)N[C@@H](CC(C)C)C(=O)N[C@]1(Cc2ccccc2)CC(=O)N(OS(C)(=O)=O)C1=O. The van der Waals surface area contributed by atoms with Crippen molar-refractivity contribution in [1.82, 2.24) is 15.7 Å². The van der Waals surface area contributed by atoms with Crippen LogP contribution in [0.15, 0.2) is 30.3 Å². The van der Waals surface area contributed by atoms with E-state index in [0.717, 1.165) is 0 Å². The highest BCUT2D eigenvalue weighted by Gasteiger charge is 2.55. The predicted molar refractivity (Wildman–Crippen MR) is 110 cm³/mol. The first-order chi connectivity index (χ1) is 14.3. The third-order valence-corrected chi connectivity index (χ3v) is 5.02. The molecule has 10 nitrogen and oxygen atoms in total. The molecule has 1 aliphatic heterocycles. The van der Waals surface area contributed by atoms with Crippen LogP contribution >= 0.6 is 0 Å². The van der Waals surface area contributed by atoms with Crippen molar-refractivity contribution < 1.29 is 31.9 Å². The molecule has 0 bridgehead atoms. The Morgan fingerprint density at radius 1 is 1.19 bits per heavy atom. The zero-order chi connectivity index (χ0) is 23.4. The number of nitrogens with zero attached hydrogens (tertiary/aromatic N) is 1. The Morgan fingerprint density at radius 2 is 1.81 bits per heavy atom. The van der Waals surface area contributed by atoms with Gasteiger partial charge in [-0.3, -0.25) is 19.2 Å². The summed E-state index contributed by atoms with van der Waals surface area (Å²) in [5, 5.41) is 5.34. The molecule has 0 radical (unpaired) electrons. The normalized spacial score (nSPS) is 20.1. The van der Waals surface area contributed by atoms with Crippen molar-refractivity contribution in [2.75, 3.05) is 6.26 Å². The lowest BCUT2D eigenvalue weighted by molar-refractivity contribution is -0.166. The van der Waals surface area contributed by atoms with E-state index in [1.165, 1.54) is 6.92 Å². The Balaban J connectivity index is 2.41. The number of hydrogen-bond donors (Lipinski definition) is 2. The van der Waals surface area contributed by atoms with Gasteiger partial charge in [-0.2, -0.15) is 8.42 Å². The van der Waals surface area contributed by atoms with Gasteiger partial charge in [0.05, 0.1) is 12.7 Å². The third kappa shape index (κ3) is 6.59. The number of benzene rings is 1. The van der Waals surface area contributed by atoms with Crippen molar-refractivity contribution in [3.05, 3.63) is 35.9 Å². The van der Waals surface area contributed by atoms with Crippen LogP contribution in [0, 0.1) is 5.92 Å². The first-order valence-electron chi connectivity index (χ1n) is 9.73. The smallest absolute Gasteiger partial charge is 0.285 e. The van der Waals surface area contributed by atoms with Crippen molar-refractivity contribution in [2.24, 2.45) is 5.92 Å². The van der Waals surface area contributed by atoms with E-state index in [0.29, 0.717) is 18.2 Å². The van der Waals surface area contributed by atoms with Gasteiger partial charge in [0, 0.05) is 13.3 Å². The molecule has 1 aliphatic rings. The minimum atomic E-state index is -4.16. The highest BCUT2D eigenvalue weighted by atomic mass is 32.2. The Labute approximate surface area is 181 Å². The first-order valence-corrected chi connectivity index (χ1v) is 11.5. The maximum absolute atomic E-state index is 13.1. The van der Waals surface area contributed by atoms with Crippen molar-refractivity contribution in [2.45, 2.75) is 51.6 Å². The van der Waals surface area contributed by atoms with Crippen LogP contribution in [0.4, 0.5) is 0 Å². The summed E-state index contributed by atoms with van der Waals surface area (Å²) in [7, 11) is -4.16. The predicted octanol–water partition coefficient (Wildman–Crippen LogP) is 0.285. The fraction of sp³-hybridized carbons (Fsp3) is 0.500. The van der Waals surface area contributed by atoms with Crippen molar-refractivity contribution in [3.63, 3.8) is 0 Å². The van der Waals surface area contributed by atoms with Gasteiger partial charge in [-0.25, -0.2) is 0 Å². The van der Waals surface area contributed by atoms with Gasteiger partial charge >= 0.3 is 0 Å². The molecule has 2 rings (SSSR count). The van der Waals surface area contributed by atoms with E-state index in [4.69, 9.17) is 0 Å². The number of rotatable bonds is 9. The maximum Gasteiger partial charge on any atom is 0.285 e. The number of hydrogen-bond acceptors (Lipinski definition) is 7. The third-order valence-electron chi connectivity index (χ3n) is 4.60. The summed E-state index contributed by atoms with van der Waals surface area (Å²) in [4.78, 5) is 50.2. The van der Waals surface area contributed by atoms with Gasteiger partial charge in [-0.05, 0) is 17.9 Å². The molecule has 1 heterocycles. The summed E-state index contributed by atoms with van der Waals surface area (Å²) in [5.74, 6) is -2.91. The highest BCUT2D eigenvalue weighted by molar-refractivity contribution is 7.85. The van der Waals surface area contributed by atoms with E-state index >= 15 is 0 Å². The van der Waals surface area contributed by atoms with E-state index in [1.807, 2.05) is 13.8 Å². The molecule has 0 aliphatic carbocycles. The quantitative estimate of drug-likeness (QED) is 0.512. The van der Waals surface area contributed by atoms with E-state index in [2.05, 4.69) is 14.9 Å². The molecule has 1 fully saturated rings. The second-order valence-corrected chi connectivity index (χ2v) is 9.62. The van der Waals surface area contributed by atoms with Crippen LogP contribution in [-0.2, 0) is 40.0 Å². The molecule has 11 heteroatoms. The lowest BCUT2D eigenvalue weighted by atomic mass is 9.88. The van der Waals surface area contributed by atoms with Crippen LogP contribution in [0.25, 0.3) is 0 Å². The zero-order valence-corrected chi connectivity index (χ0v) is 18.7. The van der Waals surface area contributed by atoms with Gasteiger partial charge in [-0.1, -0.05) is 44.2 Å². The molecule has 0 aromatic heterocycles. The first kappa shape index (κ1) is 24.5. The van der Waals surface area contributed by atoms with Crippen LogP contribution in [0.2, 0.25) is 0 Å². The lowest BCUT2D eigenvalue weighted by Crippen LogP contribution is -2.60. The molecule has 1 aromatic carbocycles. The summed E-state index contributed by atoms with van der Waals surface area (Å²) < 4.78 is 27.6. The molecule has 31 heavy (non-hydrogen) atoms. The number of nitrogens with one attached hydrogen (secondary N) is 2. The van der Waals surface area contributed by atoms with Crippen molar-refractivity contribution >= 4 is 33.7 Å². The van der Waals surface area contributed by atoms with Crippen LogP contribution in [-0.4, -0.2) is 54.9 Å². The molecule has 2 N–H and O–H groups in total. The molecule has 0 spiro atoms. The second kappa shape index (κ2) is 9.56. The van der Waals surface area contributed by atoms with Gasteiger partial charge < -0.3 is 10.6 Å². The summed E-state index contributed by atoms with van der Waals surface area (Å²) in [6.45, 7) is 5.01. The molecule has 1 saturated heterocycles. The molecule has 1 aromatic rings. The van der Waals surface area contributed by atoms with Gasteiger partial charge in [0.25, 0.3) is 21.9 Å². The summed E-state index contributed by atoms with van der Waals surface area (Å²) in [6, 6.07) is 7.73. The Morgan fingerprint density at radius 3 is 2.32 bits per heavy atom. The molecular weight excluding hydrogens is 426 g/mol. The molecule has 170 valence electrons. The van der Waals surface area contributed by atoms with E-state index in [1.54, 1.807) is 30.3 Å². The summed E-state index contributed by atoms with van der Waals surface area (Å²) in [5.41, 5.74) is -1.11. The Bertz CT molecular complexity index is 962. The van der Waals surface area contributed by atoms with Crippen LogP contribution in [0.5, 0.6) is 0 Å². The van der Waals surface area contributed by atoms with E-state index < -0.39 is 51.7 Å². The maximum atomic E-state index is 13.1. The Kier molecular flexibility index (Phi) is 7.55. The van der Waals surface area contributed by atoms with Gasteiger partial charge in [-0.15, -0.1) is 9.35 Å². The number of amides is 4. The van der Waals surface area contributed by atoms with Crippen LogP contribution < -0.4 is 10.6 Å². The number of imide groups is 1. The van der Waals surface area contributed by atoms with Gasteiger partial charge in [0.15, 0.2) is 0 Å². The fourth-order valence-corrected chi connectivity index (χ4v) is 3.84. The molecular formula is C20H27N3O7S. The monoisotopic (exact) mass is 453 g/mol. The average Bonchev–Trinajstić information content (AvgIpc) is 2.84. The number of carbonyl (C=O) groups excluding carboxylic acids is 4. The van der Waals surface area contributed by atoms with Crippen LogP contribution in [0.1, 0.15) is 39.2 Å². The second-order valence-electron chi connectivity index (χ2n) is 8.07. The summed E-state index contributed by atoms with van der Waals surface area (Å²) >= 11 is 0. The molecule has 4 amide bonds. The number of hydroxylamine groups is 2. The van der Waals surface area contributed by atoms with Gasteiger partial charge in [0.2, 0.25) is 11.8 Å². The van der Waals surface area contributed by atoms with Crippen LogP contribution in [0.3, 0.4) is 0 Å². The Hall–Kier alpha value is -2.79. The largest absolute Gasteiger partial charge is 0.345 e. The molecule has 0 saturated carbocycles. The molecule has 2 atom stereocenters. The minimum Gasteiger partial charge on any atom is -0.345 e. The molecule has 0 unspecified atom stereocenters. The topological polar surface area (TPSA) is 139 Å². The zero-order valence-electron chi connectivity index (χ0n) is 17.9. The average molecular weight is 454 g/mol.